The van der Waals surface area contributed by atoms with Crippen molar-refractivity contribution >= 4 is 17.6 Å². The van der Waals surface area contributed by atoms with Crippen molar-refractivity contribution in [3.05, 3.63) is 58.6 Å². The topological polar surface area (TPSA) is 69.9 Å². The second kappa shape index (κ2) is 5.97. The molecule has 0 atom stereocenters. The van der Waals surface area contributed by atoms with Crippen LogP contribution in [0.15, 0.2) is 36.7 Å². The van der Waals surface area contributed by atoms with Gasteiger partial charge in [-0.2, -0.15) is 10.1 Å². The summed E-state index contributed by atoms with van der Waals surface area (Å²) in [7, 11) is 0. The Morgan fingerprint density at radius 2 is 2.04 bits per heavy atom. The van der Waals surface area contributed by atoms with Crippen LogP contribution in [0.2, 0.25) is 5.28 Å². The third kappa shape index (κ3) is 2.68. The summed E-state index contributed by atoms with van der Waals surface area (Å²) in [4.78, 5) is 20.6. The highest BCUT2D eigenvalue weighted by atomic mass is 35.5. The molecule has 0 bridgehead atoms. The molecular weight excluding hydrogens is 340 g/mol. The molecule has 25 heavy (non-hydrogen) atoms. The minimum Gasteiger partial charge on any atom is -0.459 e. The molecule has 0 unspecified atom stereocenters. The lowest BCUT2D eigenvalue weighted by atomic mass is 10.1. The summed E-state index contributed by atoms with van der Waals surface area (Å²) in [6.07, 6.45) is 3.73. The number of nitrogens with zero attached hydrogens (tertiary/aromatic N) is 4. The Hall–Kier alpha value is -2.73. The fraction of sp³-hybridized carbons (Fsp3) is 0.222. The lowest BCUT2D eigenvalue weighted by Gasteiger charge is -2.12. The van der Waals surface area contributed by atoms with E-state index in [2.05, 4.69) is 21.1 Å². The molecular formula is C18H15ClN4O2. The normalized spacial score (nSPS) is 12.2. The van der Waals surface area contributed by atoms with Gasteiger partial charge in [-0.05, 0) is 31.0 Å². The molecule has 126 valence electrons. The van der Waals surface area contributed by atoms with Gasteiger partial charge in [0, 0.05) is 23.7 Å². The molecule has 3 aromatic rings. The number of halogens is 1. The molecule has 0 saturated heterocycles. The molecule has 1 aromatic carbocycles. The lowest BCUT2D eigenvalue weighted by molar-refractivity contribution is 0.0377. The third-order valence-corrected chi connectivity index (χ3v) is 4.18. The van der Waals surface area contributed by atoms with Crippen LogP contribution >= 0.6 is 11.6 Å². The van der Waals surface area contributed by atoms with Gasteiger partial charge in [-0.15, -0.1) is 0 Å². The van der Waals surface area contributed by atoms with Gasteiger partial charge in [0.15, 0.2) is 5.82 Å². The van der Waals surface area contributed by atoms with E-state index >= 15 is 0 Å². The Kier molecular flexibility index (Phi) is 3.77. The van der Waals surface area contributed by atoms with Crippen LogP contribution in [0.4, 0.5) is 0 Å². The number of esters is 1. The molecule has 4 rings (SSSR count). The Labute approximate surface area is 149 Å². The zero-order valence-corrected chi connectivity index (χ0v) is 14.5. The molecule has 0 saturated carbocycles. The first-order chi connectivity index (χ1) is 12.0. The van der Waals surface area contributed by atoms with Gasteiger partial charge in [-0.1, -0.05) is 24.3 Å². The molecule has 0 amide bonds. The molecule has 7 heteroatoms. The van der Waals surface area contributed by atoms with Crippen LogP contribution in [0.1, 0.15) is 35.3 Å². The van der Waals surface area contributed by atoms with Crippen molar-refractivity contribution < 1.29 is 9.53 Å². The first-order valence-corrected chi connectivity index (χ1v) is 8.31. The quantitative estimate of drug-likeness (QED) is 0.416. The summed E-state index contributed by atoms with van der Waals surface area (Å²) >= 11 is 5.98. The number of aromatic nitrogens is 4. The van der Waals surface area contributed by atoms with Gasteiger partial charge in [0.25, 0.3) is 0 Å². The molecule has 2 aromatic heterocycles. The van der Waals surface area contributed by atoms with E-state index in [0.717, 1.165) is 23.2 Å². The number of rotatable bonds is 3. The van der Waals surface area contributed by atoms with Crippen molar-refractivity contribution in [2.24, 2.45) is 0 Å². The molecule has 1 aliphatic rings. The van der Waals surface area contributed by atoms with Crippen molar-refractivity contribution in [3.63, 3.8) is 0 Å². The number of hydrogen-bond donors (Lipinski definition) is 0. The van der Waals surface area contributed by atoms with E-state index in [1.54, 1.807) is 24.7 Å². The molecule has 1 aliphatic carbocycles. The second-order valence-electron chi connectivity index (χ2n) is 6.09. The second-order valence-corrected chi connectivity index (χ2v) is 6.43. The van der Waals surface area contributed by atoms with Gasteiger partial charge in [0.1, 0.15) is 5.56 Å². The summed E-state index contributed by atoms with van der Waals surface area (Å²) in [5.74, 6) is -0.180. The van der Waals surface area contributed by atoms with Crippen LogP contribution in [0.5, 0.6) is 0 Å². The number of fused-ring (bicyclic) bond motifs is 3. The molecule has 0 radical (unpaired) electrons. The standard InChI is InChI=1S/C18H15ClN4O2/c1-10(2)25-17(24)14-9-20-18(19)22-16(14)23-15-12(8-21-23)7-11-5-3-4-6-13(11)15/h3-6,8-10H,7H2,1-2H3. The van der Waals surface area contributed by atoms with Crippen LogP contribution in [0.25, 0.3) is 17.1 Å². The van der Waals surface area contributed by atoms with Crippen molar-refractivity contribution in [2.75, 3.05) is 0 Å². The average molecular weight is 355 g/mol. The van der Waals surface area contributed by atoms with Crippen molar-refractivity contribution in [1.82, 2.24) is 19.7 Å². The van der Waals surface area contributed by atoms with Crippen LogP contribution in [-0.2, 0) is 11.2 Å². The summed E-state index contributed by atoms with van der Waals surface area (Å²) in [6.45, 7) is 3.58. The largest absolute Gasteiger partial charge is 0.459 e. The van der Waals surface area contributed by atoms with Gasteiger partial charge in [-0.25, -0.2) is 14.5 Å². The van der Waals surface area contributed by atoms with E-state index in [9.17, 15) is 4.79 Å². The predicted molar refractivity (Wildman–Crippen MR) is 93.0 cm³/mol. The van der Waals surface area contributed by atoms with Gasteiger partial charge in [0.05, 0.1) is 18.0 Å². The molecule has 0 N–H and O–H groups in total. The number of benzene rings is 1. The molecule has 0 fully saturated rings. The van der Waals surface area contributed by atoms with Crippen LogP contribution in [0.3, 0.4) is 0 Å². The predicted octanol–water partition coefficient (Wildman–Crippen LogP) is 3.45. The minimum atomic E-state index is -0.503. The van der Waals surface area contributed by atoms with Gasteiger partial charge in [-0.3, -0.25) is 0 Å². The minimum absolute atomic E-state index is 0.0478. The molecule has 0 spiro atoms. The Balaban J connectivity index is 1.88. The van der Waals surface area contributed by atoms with E-state index in [0.29, 0.717) is 5.82 Å². The van der Waals surface area contributed by atoms with Crippen molar-refractivity contribution in [3.8, 4) is 17.1 Å². The van der Waals surface area contributed by atoms with E-state index in [4.69, 9.17) is 16.3 Å². The van der Waals surface area contributed by atoms with E-state index in [1.165, 1.54) is 11.8 Å². The van der Waals surface area contributed by atoms with Gasteiger partial charge >= 0.3 is 5.97 Å². The van der Waals surface area contributed by atoms with E-state index in [1.807, 2.05) is 18.2 Å². The molecule has 6 nitrogen and oxygen atoms in total. The maximum atomic E-state index is 12.4. The Bertz CT molecular complexity index is 981. The summed E-state index contributed by atoms with van der Waals surface area (Å²) < 4.78 is 6.95. The molecule has 0 aliphatic heterocycles. The maximum absolute atomic E-state index is 12.4. The maximum Gasteiger partial charge on any atom is 0.343 e. The number of ether oxygens (including phenoxy) is 1. The number of carbonyl (C=O) groups is 1. The SMILES string of the molecule is CC(C)OC(=O)c1cnc(Cl)nc1-n1ncc2c1-c1ccccc1C2. The smallest absolute Gasteiger partial charge is 0.343 e. The van der Waals surface area contributed by atoms with Crippen molar-refractivity contribution in [2.45, 2.75) is 26.4 Å². The van der Waals surface area contributed by atoms with Crippen LogP contribution in [-0.4, -0.2) is 31.8 Å². The first-order valence-electron chi connectivity index (χ1n) is 7.93. The highest BCUT2D eigenvalue weighted by Crippen LogP contribution is 2.37. The zero-order valence-electron chi connectivity index (χ0n) is 13.7. The summed E-state index contributed by atoms with van der Waals surface area (Å²) in [5.41, 5.74) is 4.53. The highest BCUT2D eigenvalue weighted by Gasteiger charge is 2.27. The number of hydrogen-bond acceptors (Lipinski definition) is 5. The van der Waals surface area contributed by atoms with Crippen molar-refractivity contribution in [1.29, 1.82) is 0 Å². The Morgan fingerprint density at radius 3 is 2.84 bits per heavy atom. The lowest BCUT2D eigenvalue weighted by Crippen LogP contribution is -2.17. The van der Waals surface area contributed by atoms with Crippen LogP contribution in [0, 0.1) is 0 Å². The van der Waals surface area contributed by atoms with Gasteiger partial charge in [0.2, 0.25) is 5.28 Å². The van der Waals surface area contributed by atoms with Gasteiger partial charge < -0.3 is 4.74 Å². The van der Waals surface area contributed by atoms with E-state index < -0.39 is 5.97 Å². The number of carbonyl (C=O) groups excluding carboxylic acids is 1. The summed E-state index contributed by atoms with van der Waals surface area (Å²) in [5, 5.41) is 4.48. The Morgan fingerprint density at radius 1 is 1.24 bits per heavy atom. The fourth-order valence-corrected chi connectivity index (χ4v) is 3.13. The first kappa shape index (κ1) is 15.8. The average Bonchev–Trinajstić information content (AvgIpc) is 3.12. The monoisotopic (exact) mass is 354 g/mol. The summed E-state index contributed by atoms with van der Waals surface area (Å²) in [6, 6.07) is 8.11. The molecule has 2 heterocycles. The highest BCUT2D eigenvalue weighted by molar-refractivity contribution is 6.28. The third-order valence-electron chi connectivity index (χ3n) is 4.00. The van der Waals surface area contributed by atoms with Crippen LogP contribution < -0.4 is 0 Å². The van der Waals surface area contributed by atoms with E-state index in [-0.39, 0.29) is 17.0 Å². The zero-order chi connectivity index (χ0) is 17.6. The fourth-order valence-electron chi connectivity index (χ4n) is 3.01.